The largest absolute Gasteiger partial charge is 0.373 e. The molecule has 0 N–H and O–H groups in total. The minimum Gasteiger partial charge on any atom is -0.224 e. The predicted molar refractivity (Wildman–Crippen MR) is 92.3 cm³/mol. The van der Waals surface area contributed by atoms with Crippen LogP contribution in [0.3, 0.4) is 0 Å². The smallest absolute Gasteiger partial charge is 0.224 e. The fourth-order valence-electron chi connectivity index (χ4n) is 2.33. The molecule has 0 aliphatic heterocycles. The van der Waals surface area contributed by atoms with E-state index in [0.717, 1.165) is 25.7 Å². The SMILES string of the molecule is CCS(=O)(=O)c1ccc(CCCCc2ccccc2)cc1.O=C=O. The molecule has 0 spiro atoms. The van der Waals surface area contributed by atoms with E-state index in [1.54, 1.807) is 19.1 Å². The van der Waals surface area contributed by atoms with Crippen molar-refractivity contribution >= 4 is 16.0 Å². The summed E-state index contributed by atoms with van der Waals surface area (Å²) in [6, 6.07) is 17.8. The van der Waals surface area contributed by atoms with Crippen molar-refractivity contribution in [2.24, 2.45) is 0 Å². The van der Waals surface area contributed by atoms with Crippen molar-refractivity contribution in [3.05, 3.63) is 65.7 Å². The van der Waals surface area contributed by atoms with Gasteiger partial charge >= 0.3 is 6.15 Å². The van der Waals surface area contributed by atoms with Crippen molar-refractivity contribution in [2.75, 3.05) is 5.75 Å². The van der Waals surface area contributed by atoms with Gasteiger partial charge in [-0.25, -0.2) is 8.42 Å². The molecule has 0 unspecified atom stereocenters. The summed E-state index contributed by atoms with van der Waals surface area (Å²) >= 11 is 0. The Balaban J connectivity index is 0.000000891. The van der Waals surface area contributed by atoms with Crippen molar-refractivity contribution in [3.63, 3.8) is 0 Å². The van der Waals surface area contributed by atoms with Crippen LogP contribution in [0.1, 0.15) is 30.9 Å². The van der Waals surface area contributed by atoms with Gasteiger partial charge in [0.1, 0.15) is 0 Å². The third-order valence-electron chi connectivity index (χ3n) is 3.69. The molecule has 2 aromatic carbocycles. The molecule has 5 heteroatoms. The second-order valence-electron chi connectivity index (χ2n) is 5.32. The molecule has 0 heterocycles. The molecule has 0 aromatic heterocycles. The molecule has 0 saturated carbocycles. The van der Waals surface area contributed by atoms with Crippen LogP contribution in [0.5, 0.6) is 0 Å². The van der Waals surface area contributed by atoms with Crippen molar-refractivity contribution in [3.8, 4) is 0 Å². The van der Waals surface area contributed by atoms with Gasteiger partial charge in [0.2, 0.25) is 0 Å². The quantitative estimate of drug-likeness (QED) is 0.720. The Labute approximate surface area is 143 Å². The lowest BCUT2D eigenvalue weighted by Crippen LogP contribution is -2.03. The zero-order valence-corrected chi connectivity index (χ0v) is 14.6. The van der Waals surface area contributed by atoms with E-state index in [4.69, 9.17) is 9.59 Å². The first-order valence-corrected chi connectivity index (χ1v) is 9.53. The van der Waals surface area contributed by atoms with Gasteiger partial charge in [0, 0.05) is 0 Å². The first-order valence-electron chi connectivity index (χ1n) is 7.88. The van der Waals surface area contributed by atoms with E-state index in [0.29, 0.717) is 4.90 Å². The number of carbonyl (C=O) groups excluding carboxylic acids is 2. The van der Waals surface area contributed by atoms with Crippen LogP contribution >= 0.6 is 0 Å². The van der Waals surface area contributed by atoms with E-state index in [2.05, 4.69) is 24.3 Å². The Morgan fingerprint density at radius 3 is 1.71 bits per heavy atom. The molecule has 2 rings (SSSR count). The van der Waals surface area contributed by atoms with Crippen molar-refractivity contribution in [1.29, 1.82) is 0 Å². The number of rotatable bonds is 7. The molecule has 0 aliphatic carbocycles. The van der Waals surface area contributed by atoms with Gasteiger partial charge in [-0.1, -0.05) is 49.4 Å². The van der Waals surface area contributed by atoms with Crippen LogP contribution in [0.25, 0.3) is 0 Å². The number of sulfone groups is 1. The van der Waals surface area contributed by atoms with Gasteiger partial charge in [0.15, 0.2) is 9.84 Å². The molecule has 0 saturated heterocycles. The van der Waals surface area contributed by atoms with E-state index < -0.39 is 9.84 Å². The Morgan fingerprint density at radius 1 is 0.792 bits per heavy atom. The molecule has 0 atom stereocenters. The van der Waals surface area contributed by atoms with E-state index >= 15 is 0 Å². The monoisotopic (exact) mass is 346 g/mol. The van der Waals surface area contributed by atoms with Crippen LogP contribution in [0, 0.1) is 0 Å². The second kappa shape index (κ2) is 10.5. The summed E-state index contributed by atoms with van der Waals surface area (Å²) in [6.45, 7) is 1.67. The number of hydrogen-bond acceptors (Lipinski definition) is 4. The second-order valence-corrected chi connectivity index (χ2v) is 7.60. The summed E-state index contributed by atoms with van der Waals surface area (Å²) in [5, 5.41) is 0. The highest BCUT2D eigenvalue weighted by Gasteiger charge is 2.10. The molecule has 0 fully saturated rings. The molecule has 0 bridgehead atoms. The maximum atomic E-state index is 11.7. The molecule has 4 nitrogen and oxygen atoms in total. The summed E-state index contributed by atoms with van der Waals surface area (Å²) in [4.78, 5) is 16.7. The number of benzene rings is 2. The fourth-order valence-corrected chi connectivity index (χ4v) is 3.22. The Morgan fingerprint density at radius 2 is 1.25 bits per heavy atom. The van der Waals surface area contributed by atoms with Crippen molar-refractivity contribution < 1.29 is 18.0 Å². The van der Waals surface area contributed by atoms with Gasteiger partial charge < -0.3 is 0 Å². The van der Waals surface area contributed by atoms with Crippen LogP contribution in [0.15, 0.2) is 59.5 Å². The van der Waals surface area contributed by atoms with Crippen LogP contribution in [0.4, 0.5) is 0 Å². The minimum atomic E-state index is -3.08. The average molecular weight is 346 g/mol. The summed E-state index contributed by atoms with van der Waals surface area (Å²) in [6.07, 6.45) is 4.62. The van der Waals surface area contributed by atoms with Crippen molar-refractivity contribution in [1.82, 2.24) is 0 Å². The lowest BCUT2D eigenvalue weighted by molar-refractivity contribution is -0.191. The van der Waals surface area contributed by atoms with Gasteiger partial charge in [0.05, 0.1) is 10.6 Å². The van der Waals surface area contributed by atoms with E-state index in [-0.39, 0.29) is 11.9 Å². The lowest BCUT2D eigenvalue weighted by Gasteiger charge is -2.05. The number of aryl methyl sites for hydroxylation is 2. The van der Waals surface area contributed by atoms with Crippen LogP contribution < -0.4 is 0 Å². The fraction of sp³-hybridized carbons (Fsp3) is 0.316. The standard InChI is InChI=1S/C18H22O2S.CO2/c1-2-21(19,20)18-14-12-17(13-15-18)11-7-6-10-16-8-4-3-5-9-16;2-1-3/h3-5,8-9,12-15H,2,6-7,10-11H2,1H3;. The van der Waals surface area contributed by atoms with Gasteiger partial charge in [0.25, 0.3) is 0 Å². The van der Waals surface area contributed by atoms with Gasteiger partial charge in [-0.05, 0) is 48.9 Å². The first-order chi connectivity index (χ1) is 11.5. The Bertz CT molecular complexity index is 729. The van der Waals surface area contributed by atoms with E-state index in [9.17, 15) is 8.42 Å². The first kappa shape index (κ1) is 19.8. The van der Waals surface area contributed by atoms with Crippen LogP contribution in [-0.4, -0.2) is 20.3 Å². The van der Waals surface area contributed by atoms with E-state index in [1.165, 1.54) is 11.1 Å². The maximum Gasteiger partial charge on any atom is 0.373 e. The molecule has 24 heavy (non-hydrogen) atoms. The van der Waals surface area contributed by atoms with Crippen LogP contribution in [-0.2, 0) is 32.3 Å². The molecule has 0 aliphatic rings. The molecule has 0 amide bonds. The lowest BCUT2D eigenvalue weighted by atomic mass is 10.0. The minimum absolute atomic E-state index is 0.156. The normalized spacial score (nSPS) is 10.4. The highest BCUT2D eigenvalue weighted by atomic mass is 32.2. The number of hydrogen-bond donors (Lipinski definition) is 0. The average Bonchev–Trinajstić information content (AvgIpc) is 2.61. The summed E-state index contributed by atoms with van der Waals surface area (Å²) in [5.74, 6) is 0.156. The zero-order valence-electron chi connectivity index (χ0n) is 13.8. The third kappa shape index (κ3) is 6.90. The van der Waals surface area contributed by atoms with E-state index in [1.807, 2.05) is 18.2 Å². The Hall–Kier alpha value is -2.23. The summed E-state index contributed by atoms with van der Waals surface area (Å²) in [5.41, 5.74) is 2.58. The summed E-state index contributed by atoms with van der Waals surface area (Å²) in [7, 11) is -3.08. The van der Waals surface area contributed by atoms with Crippen LogP contribution in [0.2, 0.25) is 0 Å². The van der Waals surface area contributed by atoms with Gasteiger partial charge in [-0.2, -0.15) is 9.59 Å². The van der Waals surface area contributed by atoms with Crippen molar-refractivity contribution in [2.45, 2.75) is 37.5 Å². The summed E-state index contributed by atoms with van der Waals surface area (Å²) < 4.78 is 23.5. The number of unbranched alkanes of at least 4 members (excludes halogenated alkanes) is 1. The molecule has 128 valence electrons. The highest BCUT2D eigenvalue weighted by Crippen LogP contribution is 2.14. The van der Waals surface area contributed by atoms with Gasteiger partial charge in [-0.15, -0.1) is 0 Å². The Kier molecular flexibility index (Phi) is 8.69. The molecule has 0 radical (unpaired) electrons. The van der Waals surface area contributed by atoms with Gasteiger partial charge in [-0.3, -0.25) is 0 Å². The zero-order chi connectivity index (χ0) is 17.8. The maximum absolute atomic E-state index is 11.7. The third-order valence-corrected chi connectivity index (χ3v) is 5.44. The highest BCUT2D eigenvalue weighted by molar-refractivity contribution is 7.91. The molecular weight excluding hydrogens is 324 g/mol. The molecule has 2 aromatic rings. The topological polar surface area (TPSA) is 68.3 Å². The predicted octanol–water partition coefficient (Wildman–Crippen LogP) is 3.46. The molecular formula is C19H22O4S.